The molecule has 6 nitrogen and oxygen atoms in total. The third-order valence-electron chi connectivity index (χ3n) is 5.15. The monoisotopic (exact) mass is 359 g/mol. The number of likely N-dealkylation sites (tertiary alicyclic amines) is 1. The normalized spacial score (nSPS) is 20.4. The molecule has 25 heavy (non-hydrogen) atoms. The number of nitrogens with one attached hydrogen (secondary N) is 1. The van der Waals surface area contributed by atoms with Gasteiger partial charge < -0.3 is 14.8 Å². The largest absolute Gasteiger partial charge is 0.333 e. The summed E-state index contributed by atoms with van der Waals surface area (Å²) in [6.07, 6.45) is 6.54. The van der Waals surface area contributed by atoms with Gasteiger partial charge in [0.25, 0.3) is 0 Å². The van der Waals surface area contributed by atoms with Crippen LogP contribution in [0, 0.1) is 6.92 Å². The van der Waals surface area contributed by atoms with Crippen LogP contribution in [0.1, 0.15) is 60.2 Å². The van der Waals surface area contributed by atoms with Crippen LogP contribution in [0.15, 0.2) is 11.4 Å². The lowest BCUT2D eigenvalue weighted by Crippen LogP contribution is -2.45. The van der Waals surface area contributed by atoms with Crippen molar-refractivity contribution in [2.24, 2.45) is 0 Å². The average Bonchev–Trinajstić information content (AvgIpc) is 3.26. The Balaban J connectivity index is 1.49. The van der Waals surface area contributed by atoms with Gasteiger partial charge in [0, 0.05) is 24.4 Å². The van der Waals surface area contributed by atoms with Crippen molar-refractivity contribution in [1.29, 1.82) is 0 Å². The molecule has 2 aliphatic rings. The summed E-state index contributed by atoms with van der Waals surface area (Å²) in [5, 5.41) is 14.1. The zero-order valence-electron chi connectivity index (χ0n) is 14.7. The van der Waals surface area contributed by atoms with Crippen molar-refractivity contribution in [2.45, 2.75) is 64.6 Å². The highest BCUT2D eigenvalue weighted by atomic mass is 32.1. The Kier molecular flexibility index (Phi) is 4.74. The Labute approximate surface area is 152 Å². The van der Waals surface area contributed by atoms with Gasteiger partial charge in [-0.3, -0.25) is 0 Å². The van der Waals surface area contributed by atoms with Crippen molar-refractivity contribution in [1.82, 2.24) is 25.0 Å². The maximum atomic E-state index is 12.8. The Morgan fingerprint density at radius 1 is 1.28 bits per heavy atom. The molecule has 134 valence electrons. The zero-order chi connectivity index (χ0) is 17.2. The quantitative estimate of drug-likeness (QED) is 0.913. The second-order valence-electron chi connectivity index (χ2n) is 7.04. The number of rotatable bonds is 3. The Morgan fingerprint density at radius 3 is 3.00 bits per heavy atom. The molecule has 4 heterocycles. The van der Waals surface area contributed by atoms with E-state index in [4.69, 9.17) is 0 Å². The molecular weight excluding hydrogens is 334 g/mol. The molecule has 0 radical (unpaired) electrons. The lowest BCUT2D eigenvalue weighted by molar-refractivity contribution is 0.144. The highest BCUT2D eigenvalue weighted by Gasteiger charge is 2.32. The molecule has 1 atom stereocenters. The number of amides is 2. The van der Waals surface area contributed by atoms with Crippen molar-refractivity contribution in [3.05, 3.63) is 33.5 Å². The molecule has 0 spiro atoms. The average molecular weight is 359 g/mol. The number of hydrogen-bond acceptors (Lipinski definition) is 4. The molecule has 1 fully saturated rings. The highest BCUT2D eigenvalue weighted by Crippen LogP contribution is 2.31. The Hall–Kier alpha value is -1.89. The maximum absolute atomic E-state index is 12.8. The molecule has 2 aliphatic heterocycles. The molecule has 7 heteroatoms. The summed E-state index contributed by atoms with van der Waals surface area (Å²) in [6.45, 7) is 4.45. The maximum Gasteiger partial charge on any atom is 0.318 e. The SMILES string of the molecule is Cc1csc(CNC(=O)N2CCCCC2c2nnc3n2CCCC3)c1. The van der Waals surface area contributed by atoms with Crippen LogP contribution >= 0.6 is 11.3 Å². The van der Waals surface area contributed by atoms with Crippen LogP contribution in [0.5, 0.6) is 0 Å². The van der Waals surface area contributed by atoms with Gasteiger partial charge in [0.2, 0.25) is 0 Å². The zero-order valence-corrected chi connectivity index (χ0v) is 15.5. The number of aromatic nitrogens is 3. The van der Waals surface area contributed by atoms with Crippen molar-refractivity contribution in [3.8, 4) is 0 Å². The molecule has 0 saturated carbocycles. The van der Waals surface area contributed by atoms with E-state index in [9.17, 15) is 4.79 Å². The lowest BCUT2D eigenvalue weighted by atomic mass is 10.0. The third-order valence-corrected chi connectivity index (χ3v) is 6.20. The number of nitrogens with zero attached hydrogens (tertiary/aromatic N) is 4. The second kappa shape index (κ2) is 7.15. The molecule has 1 N–H and O–H groups in total. The molecule has 1 saturated heterocycles. The van der Waals surface area contributed by atoms with Crippen LogP contribution < -0.4 is 5.32 Å². The molecular formula is C18H25N5OS. The fourth-order valence-electron chi connectivity index (χ4n) is 3.87. The van der Waals surface area contributed by atoms with E-state index in [0.717, 1.165) is 50.4 Å². The smallest absolute Gasteiger partial charge is 0.318 e. The van der Waals surface area contributed by atoms with E-state index in [1.165, 1.54) is 23.3 Å². The van der Waals surface area contributed by atoms with Crippen LogP contribution in [0.3, 0.4) is 0 Å². The predicted molar refractivity (Wildman–Crippen MR) is 97.5 cm³/mol. The van der Waals surface area contributed by atoms with Gasteiger partial charge in [0.15, 0.2) is 5.82 Å². The summed E-state index contributed by atoms with van der Waals surface area (Å²) < 4.78 is 2.25. The molecule has 1 unspecified atom stereocenters. The number of urea groups is 1. The summed E-state index contributed by atoms with van der Waals surface area (Å²) in [5.74, 6) is 2.07. The Morgan fingerprint density at radius 2 is 2.16 bits per heavy atom. The highest BCUT2D eigenvalue weighted by molar-refractivity contribution is 7.10. The number of fused-ring (bicyclic) bond motifs is 1. The van der Waals surface area contributed by atoms with Gasteiger partial charge in [-0.05, 0) is 56.0 Å². The number of hydrogen-bond donors (Lipinski definition) is 1. The van der Waals surface area contributed by atoms with Gasteiger partial charge in [-0.25, -0.2) is 4.79 Å². The van der Waals surface area contributed by atoms with E-state index < -0.39 is 0 Å². The fraction of sp³-hybridized carbons (Fsp3) is 0.611. The van der Waals surface area contributed by atoms with Crippen LogP contribution in [0.2, 0.25) is 0 Å². The lowest BCUT2D eigenvalue weighted by Gasteiger charge is -2.35. The molecule has 0 bridgehead atoms. The molecule has 4 rings (SSSR count). The first-order chi connectivity index (χ1) is 12.2. The van der Waals surface area contributed by atoms with E-state index >= 15 is 0 Å². The summed E-state index contributed by atoms with van der Waals surface area (Å²) >= 11 is 1.70. The molecule has 0 aromatic carbocycles. The summed E-state index contributed by atoms with van der Waals surface area (Å²) in [4.78, 5) is 16.0. The summed E-state index contributed by atoms with van der Waals surface area (Å²) in [6, 6.07) is 2.20. The van der Waals surface area contributed by atoms with E-state index in [-0.39, 0.29) is 12.1 Å². The van der Waals surface area contributed by atoms with Crippen LogP contribution in [0.25, 0.3) is 0 Å². The van der Waals surface area contributed by atoms with Crippen LogP contribution in [-0.4, -0.2) is 32.2 Å². The van der Waals surface area contributed by atoms with Crippen molar-refractivity contribution in [3.63, 3.8) is 0 Å². The van der Waals surface area contributed by atoms with Gasteiger partial charge in [-0.15, -0.1) is 21.5 Å². The van der Waals surface area contributed by atoms with Gasteiger partial charge in [0.05, 0.1) is 12.6 Å². The summed E-state index contributed by atoms with van der Waals surface area (Å²) in [7, 11) is 0. The van der Waals surface area contributed by atoms with Crippen molar-refractivity contribution < 1.29 is 4.79 Å². The number of carbonyl (C=O) groups is 1. The minimum absolute atomic E-state index is 0.0175. The minimum atomic E-state index is 0.0175. The van der Waals surface area contributed by atoms with E-state index in [1.54, 1.807) is 11.3 Å². The number of piperidine rings is 1. The van der Waals surface area contributed by atoms with Crippen molar-refractivity contribution >= 4 is 17.4 Å². The second-order valence-corrected chi connectivity index (χ2v) is 8.03. The van der Waals surface area contributed by atoms with E-state index in [1.807, 2.05) is 4.90 Å². The number of thiophene rings is 1. The van der Waals surface area contributed by atoms with Crippen molar-refractivity contribution in [2.75, 3.05) is 6.54 Å². The molecule has 2 aromatic heterocycles. The van der Waals surface area contributed by atoms with E-state index in [2.05, 4.69) is 38.5 Å². The fourth-order valence-corrected chi connectivity index (χ4v) is 4.68. The van der Waals surface area contributed by atoms with Gasteiger partial charge in [-0.1, -0.05) is 0 Å². The van der Waals surface area contributed by atoms with Crippen LogP contribution in [-0.2, 0) is 19.5 Å². The number of aryl methyl sites for hydroxylation is 2. The minimum Gasteiger partial charge on any atom is -0.333 e. The van der Waals surface area contributed by atoms with Gasteiger partial charge in [-0.2, -0.15) is 0 Å². The van der Waals surface area contributed by atoms with Crippen LogP contribution in [0.4, 0.5) is 4.79 Å². The first kappa shape index (κ1) is 16.6. The Bertz CT molecular complexity index is 752. The predicted octanol–water partition coefficient (Wildman–Crippen LogP) is 3.42. The first-order valence-electron chi connectivity index (χ1n) is 9.23. The first-order valence-corrected chi connectivity index (χ1v) is 10.1. The topological polar surface area (TPSA) is 63.1 Å². The standard InChI is InChI=1S/C18H25N5OS/c1-13-10-14(25-12-13)11-19-18(24)22-8-4-2-6-15(22)17-21-20-16-7-3-5-9-23(16)17/h10,12,15H,2-9,11H2,1H3,(H,19,24). The van der Waals surface area contributed by atoms with Gasteiger partial charge in [0.1, 0.15) is 5.82 Å². The molecule has 0 aliphatic carbocycles. The molecule has 2 aromatic rings. The van der Waals surface area contributed by atoms with E-state index in [0.29, 0.717) is 6.54 Å². The summed E-state index contributed by atoms with van der Waals surface area (Å²) in [5.41, 5.74) is 1.25. The number of carbonyl (C=O) groups excluding carboxylic acids is 1. The third kappa shape index (κ3) is 3.42. The van der Waals surface area contributed by atoms with Gasteiger partial charge >= 0.3 is 6.03 Å². The molecule has 2 amide bonds.